The zero-order valence-electron chi connectivity index (χ0n) is 11.0. The summed E-state index contributed by atoms with van der Waals surface area (Å²) >= 11 is 0. The molecule has 2 rings (SSSR count). The number of carboxylic acids is 1. The van der Waals surface area contributed by atoms with Crippen molar-refractivity contribution in [3.05, 3.63) is 41.5 Å². The Kier molecular flexibility index (Phi) is 3.38. The van der Waals surface area contributed by atoms with Crippen LogP contribution in [0.15, 0.2) is 24.4 Å². The molecule has 1 heterocycles. The maximum Gasteiger partial charge on any atom is 0.338 e. The lowest BCUT2D eigenvalue weighted by Crippen LogP contribution is -2.02. The van der Waals surface area contributed by atoms with Gasteiger partial charge in [0, 0.05) is 24.4 Å². The summed E-state index contributed by atoms with van der Waals surface area (Å²) in [6.07, 6.45) is 1.71. The van der Waals surface area contributed by atoms with Gasteiger partial charge in [0.1, 0.15) is 5.82 Å². The Labute approximate surface area is 110 Å². The van der Waals surface area contributed by atoms with Gasteiger partial charge in [0.15, 0.2) is 0 Å². The molecule has 0 aliphatic heterocycles. The second kappa shape index (κ2) is 4.84. The number of carbonyl (C=O) groups is 1. The number of aryl methyl sites for hydroxylation is 1. The van der Waals surface area contributed by atoms with Crippen molar-refractivity contribution >= 4 is 5.97 Å². The molecule has 5 heteroatoms. The van der Waals surface area contributed by atoms with Crippen LogP contribution in [0.4, 0.5) is 4.39 Å². The highest BCUT2D eigenvalue weighted by molar-refractivity contribution is 5.90. The van der Waals surface area contributed by atoms with Crippen LogP contribution in [0.3, 0.4) is 0 Å². The molecule has 0 aliphatic carbocycles. The summed E-state index contributed by atoms with van der Waals surface area (Å²) in [6, 6.07) is 4.37. The molecule has 0 amide bonds. The van der Waals surface area contributed by atoms with Crippen LogP contribution in [0.2, 0.25) is 0 Å². The molecule has 0 bridgehead atoms. The molecule has 0 aliphatic rings. The van der Waals surface area contributed by atoms with E-state index in [1.165, 1.54) is 6.07 Å². The lowest BCUT2D eigenvalue weighted by molar-refractivity contribution is 0.0692. The van der Waals surface area contributed by atoms with E-state index in [2.05, 4.69) is 5.10 Å². The molecule has 4 nitrogen and oxygen atoms in total. The van der Waals surface area contributed by atoms with E-state index in [9.17, 15) is 9.18 Å². The Morgan fingerprint density at radius 2 is 2.05 bits per heavy atom. The van der Waals surface area contributed by atoms with Crippen molar-refractivity contribution < 1.29 is 14.3 Å². The van der Waals surface area contributed by atoms with E-state index in [0.29, 0.717) is 5.56 Å². The highest BCUT2D eigenvalue weighted by Crippen LogP contribution is 2.31. The van der Waals surface area contributed by atoms with Gasteiger partial charge in [-0.15, -0.1) is 0 Å². The SMILES string of the molecule is CC(C)c1nn(C)cc1-c1cccc(C(=O)O)c1F. The van der Waals surface area contributed by atoms with Gasteiger partial charge in [-0.1, -0.05) is 26.0 Å². The Bertz CT molecular complexity index is 632. The Morgan fingerprint density at radius 1 is 1.37 bits per heavy atom. The molecule has 0 atom stereocenters. The van der Waals surface area contributed by atoms with Crippen molar-refractivity contribution in [3.63, 3.8) is 0 Å². The van der Waals surface area contributed by atoms with Gasteiger partial charge in [-0.05, 0) is 12.0 Å². The number of hydrogen-bond donors (Lipinski definition) is 1. The van der Waals surface area contributed by atoms with Crippen LogP contribution >= 0.6 is 0 Å². The molecule has 0 unspecified atom stereocenters. The average Bonchev–Trinajstić information content (AvgIpc) is 2.71. The minimum atomic E-state index is -1.27. The fourth-order valence-electron chi connectivity index (χ4n) is 2.04. The predicted octanol–water partition coefficient (Wildman–Crippen LogP) is 3.05. The first kappa shape index (κ1) is 13.3. The van der Waals surface area contributed by atoms with E-state index in [-0.39, 0.29) is 17.0 Å². The summed E-state index contributed by atoms with van der Waals surface area (Å²) < 4.78 is 15.9. The first-order valence-corrected chi connectivity index (χ1v) is 5.97. The third kappa shape index (κ3) is 2.36. The number of benzene rings is 1. The van der Waals surface area contributed by atoms with Crippen molar-refractivity contribution in [1.82, 2.24) is 9.78 Å². The first-order chi connectivity index (χ1) is 8.91. The van der Waals surface area contributed by atoms with E-state index in [0.717, 1.165) is 5.69 Å². The van der Waals surface area contributed by atoms with Gasteiger partial charge in [-0.3, -0.25) is 4.68 Å². The average molecular weight is 262 g/mol. The van der Waals surface area contributed by atoms with Crippen molar-refractivity contribution in [3.8, 4) is 11.1 Å². The van der Waals surface area contributed by atoms with Crippen molar-refractivity contribution in [2.24, 2.45) is 7.05 Å². The molecule has 2 aromatic rings. The van der Waals surface area contributed by atoms with E-state index in [4.69, 9.17) is 5.11 Å². The Morgan fingerprint density at radius 3 is 2.63 bits per heavy atom. The van der Waals surface area contributed by atoms with Gasteiger partial charge in [0.25, 0.3) is 0 Å². The number of hydrogen-bond acceptors (Lipinski definition) is 2. The largest absolute Gasteiger partial charge is 0.478 e. The molecule has 100 valence electrons. The fraction of sp³-hybridized carbons (Fsp3) is 0.286. The number of carboxylic acid groups (broad SMARTS) is 1. The van der Waals surface area contributed by atoms with Gasteiger partial charge in [-0.2, -0.15) is 5.10 Å². The standard InChI is InChI=1S/C14H15FN2O2/c1-8(2)13-11(7-17(3)16-13)9-5-4-6-10(12(9)15)14(18)19/h4-8H,1-3H3,(H,18,19). The van der Waals surface area contributed by atoms with Gasteiger partial charge in [0.2, 0.25) is 0 Å². The van der Waals surface area contributed by atoms with Crippen molar-refractivity contribution in [1.29, 1.82) is 0 Å². The summed E-state index contributed by atoms with van der Waals surface area (Å²) in [5.74, 6) is -1.86. The highest BCUT2D eigenvalue weighted by atomic mass is 19.1. The minimum Gasteiger partial charge on any atom is -0.478 e. The van der Waals surface area contributed by atoms with Crippen molar-refractivity contribution in [2.45, 2.75) is 19.8 Å². The minimum absolute atomic E-state index is 0.129. The summed E-state index contributed by atoms with van der Waals surface area (Å²) in [7, 11) is 1.76. The van der Waals surface area contributed by atoms with Gasteiger partial charge < -0.3 is 5.11 Å². The maximum absolute atomic E-state index is 14.2. The molecule has 0 saturated heterocycles. The van der Waals surface area contributed by atoms with Gasteiger partial charge >= 0.3 is 5.97 Å². The molecule has 0 spiro atoms. The lowest BCUT2D eigenvalue weighted by atomic mass is 9.98. The van der Waals surface area contributed by atoms with Crippen LogP contribution in [0.25, 0.3) is 11.1 Å². The third-order valence-electron chi connectivity index (χ3n) is 2.92. The molecular formula is C14H15FN2O2. The zero-order chi connectivity index (χ0) is 14.2. The van der Waals surface area contributed by atoms with Crippen molar-refractivity contribution in [2.75, 3.05) is 0 Å². The van der Waals surface area contributed by atoms with E-state index < -0.39 is 11.8 Å². The molecule has 19 heavy (non-hydrogen) atoms. The molecule has 0 radical (unpaired) electrons. The number of rotatable bonds is 3. The van der Waals surface area contributed by atoms with Crippen LogP contribution < -0.4 is 0 Å². The quantitative estimate of drug-likeness (QED) is 0.924. The third-order valence-corrected chi connectivity index (χ3v) is 2.92. The molecular weight excluding hydrogens is 247 g/mol. The second-order valence-corrected chi connectivity index (χ2v) is 4.73. The first-order valence-electron chi connectivity index (χ1n) is 5.97. The van der Waals surface area contributed by atoms with E-state index in [1.807, 2.05) is 13.8 Å². The summed E-state index contributed by atoms with van der Waals surface area (Å²) in [5, 5.41) is 13.3. The summed E-state index contributed by atoms with van der Waals surface area (Å²) in [5.41, 5.74) is 1.34. The monoisotopic (exact) mass is 262 g/mol. The van der Waals surface area contributed by atoms with E-state index >= 15 is 0 Å². The predicted molar refractivity (Wildman–Crippen MR) is 69.7 cm³/mol. The number of aromatic carboxylic acids is 1. The smallest absolute Gasteiger partial charge is 0.338 e. The number of halogens is 1. The lowest BCUT2D eigenvalue weighted by Gasteiger charge is -2.07. The summed E-state index contributed by atoms with van der Waals surface area (Å²) in [6.45, 7) is 3.93. The van der Waals surface area contributed by atoms with Crippen LogP contribution in [0.5, 0.6) is 0 Å². The zero-order valence-corrected chi connectivity index (χ0v) is 11.0. The van der Waals surface area contributed by atoms with E-state index in [1.54, 1.807) is 30.1 Å². The fourth-order valence-corrected chi connectivity index (χ4v) is 2.04. The molecule has 0 saturated carbocycles. The molecule has 1 N–H and O–H groups in total. The second-order valence-electron chi connectivity index (χ2n) is 4.73. The van der Waals surface area contributed by atoms with Crippen LogP contribution in [0.1, 0.15) is 35.8 Å². The van der Waals surface area contributed by atoms with Crippen LogP contribution in [-0.2, 0) is 7.05 Å². The highest BCUT2D eigenvalue weighted by Gasteiger charge is 2.20. The molecule has 1 aromatic carbocycles. The Hall–Kier alpha value is -2.17. The molecule has 1 aromatic heterocycles. The maximum atomic E-state index is 14.2. The van der Waals surface area contributed by atoms with Crippen LogP contribution in [0, 0.1) is 5.82 Å². The summed E-state index contributed by atoms with van der Waals surface area (Å²) in [4.78, 5) is 11.0. The normalized spacial score (nSPS) is 11.0. The topological polar surface area (TPSA) is 55.1 Å². The van der Waals surface area contributed by atoms with Crippen LogP contribution in [-0.4, -0.2) is 20.9 Å². The van der Waals surface area contributed by atoms with Gasteiger partial charge in [-0.25, -0.2) is 9.18 Å². The Balaban J connectivity index is 2.66. The number of aromatic nitrogens is 2. The molecule has 0 fully saturated rings. The number of nitrogens with zero attached hydrogens (tertiary/aromatic N) is 2. The van der Waals surface area contributed by atoms with Gasteiger partial charge in [0.05, 0.1) is 11.3 Å².